The summed E-state index contributed by atoms with van der Waals surface area (Å²) in [7, 11) is 0. The molecule has 1 aromatic heterocycles. The number of halogens is 3. The third-order valence-corrected chi connectivity index (χ3v) is 3.95. The molecule has 2 aromatic rings. The molecule has 0 fully saturated rings. The number of carbonyl (C=O) groups is 1. The van der Waals surface area contributed by atoms with Crippen LogP contribution >= 0.6 is 0 Å². The highest BCUT2D eigenvalue weighted by Crippen LogP contribution is 2.31. The normalized spacial score (nSPS) is 11.3. The Balaban J connectivity index is 2.03. The molecule has 0 spiro atoms. The highest BCUT2D eigenvalue weighted by molar-refractivity contribution is 5.90. The highest BCUT2D eigenvalue weighted by atomic mass is 19.4. The molecule has 0 radical (unpaired) electrons. The molecule has 9 heteroatoms. The number of ether oxygens (including phenoxy) is 1. The fourth-order valence-electron chi connectivity index (χ4n) is 2.44. The van der Waals surface area contributed by atoms with Crippen LogP contribution in [0.5, 0.6) is 5.75 Å². The first kappa shape index (κ1) is 20.6. The Bertz CT molecular complexity index is 787. The van der Waals surface area contributed by atoms with Crippen molar-refractivity contribution < 1.29 is 22.7 Å². The second-order valence-electron chi connectivity index (χ2n) is 6.08. The molecule has 2 amide bonds. The minimum Gasteiger partial charge on any atom is -0.471 e. The van der Waals surface area contributed by atoms with E-state index in [2.05, 4.69) is 15.7 Å². The Morgan fingerprint density at radius 1 is 1.30 bits per heavy atom. The molecule has 27 heavy (non-hydrogen) atoms. The predicted octanol–water partition coefficient (Wildman–Crippen LogP) is 4.48. The summed E-state index contributed by atoms with van der Waals surface area (Å²) in [5.41, 5.74) is 1.01. The minimum absolute atomic E-state index is 0.0763. The van der Waals surface area contributed by atoms with Gasteiger partial charge in [-0.2, -0.15) is 18.3 Å². The van der Waals surface area contributed by atoms with Crippen LogP contribution in [0.2, 0.25) is 0 Å². The van der Waals surface area contributed by atoms with Gasteiger partial charge in [0, 0.05) is 6.54 Å². The number of hydrogen-bond donors (Lipinski definition) is 2. The summed E-state index contributed by atoms with van der Waals surface area (Å²) in [6, 6.07) is 4.32. The number of nitrogens with one attached hydrogen (secondary N) is 2. The van der Waals surface area contributed by atoms with Gasteiger partial charge in [0.2, 0.25) is 0 Å². The standard InChI is InChI=1S/C18H23F3N4O2/c1-4-5-9-22-17(26)23-16-12(2)24-25(13(16)3)11-27-15-8-6-7-14(10-15)18(19,20)21/h6-8,10H,4-5,9,11H2,1-3H3,(H2,22,23,26). The SMILES string of the molecule is CCCCNC(=O)Nc1c(C)nn(COc2cccc(C(F)(F)F)c2)c1C. The maximum Gasteiger partial charge on any atom is 0.416 e. The summed E-state index contributed by atoms with van der Waals surface area (Å²) in [4.78, 5) is 11.9. The van der Waals surface area contributed by atoms with E-state index in [9.17, 15) is 18.0 Å². The van der Waals surface area contributed by atoms with E-state index >= 15 is 0 Å². The Morgan fingerprint density at radius 3 is 2.70 bits per heavy atom. The summed E-state index contributed by atoms with van der Waals surface area (Å²) in [5, 5.41) is 9.77. The molecule has 1 aromatic carbocycles. The van der Waals surface area contributed by atoms with Gasteiger partial charge in [0.1, 0.15) is 5.75 Å². The Hall–Kier alpha value is -2.71. The quantitative estimate of drug-likeness (QED) is 0.692. The zero-order valence-electron chi connectivity index (χ0n) is 15.5. The average Bonchev–Trinajstić information content (AvgIpc) is 2.87. The van der Waals surface area contributed by atoms with Gasteiger partial charge in [-0.1, -0.05) is 19.4 Å². The third kappa shape index (κ3) is 5.63. The van der Waals surface area contributed by atoms with E-state index in [1.54, 1.807) is 13.8 Å². The first-order chi connectivity index (χ1) is 12.7. The summed E-state index contributed by atoms with van der Waals surface area (Å²) in [6.07, 6.45) is -2.57. The van der Waals surface area contributed by atoms with Gasteiger partial charge in [-0.15, -0.1) is 0 Å². The molecule has 0 saturated heterocycles. The smallest absolute Gasteiger partial charge is 0.416 e. The summed E-state index contributed by atoms with van der Waals surface area (Å²) in [5.74, 6) is 0.0872. The first-order valence-corrected chi connectivity index (χ1v) is 8.61. The predicted molar refractivity (Wildman–Crippen MR) is 95.7 cm³/mol. The van der Waals surface area contributed by atoms with E-state index in [0.29, 0.717) is 23.6 Å². The lowest BCUT2D eigenvalue weighted by atomic mass is 10.2. The lowest BCUT2D eigenvalue weighted by Gasteiger charge is -2.11. The lowest BCUT2D eigenvalue weighted by Crippen LogP contribution is -2.29. The number of carbonyl (C=O) groups excluding carboxylic acids is 1. The van der Waals surface area contributed by atoms with E-state index in [1.165, 1.54) is 16.8 Å². The van der Waals surface area contributed by atoms with Crippen LogP contribution in [0.15, 0.2) is 24.3 Å². The monoisotopic (exact) mass is 384 g/mol. The summed E-state index contributed by atoms with van der Waals surface area (Å²) >= 11 is 0. The molecule has 0 aliphatic rings. The highest BCUT2D eigenvalue weighted by Gasteiger charge is 2.30. The van der Waals surface area contributed by atoms with Crippen molar-refractivity contribution in [2.45, 2.75) is 46.5 Å². The molecular formula is C18H23F3N4O2. The first-order valence-electron chi connectivity index (χ1n) is 8.61. The van der Waals surface area contributed by atoms with E-state index in [0.717, 1.165) is 25.0 Å². The largest absolute Gasteiger partial charge is 0.471 e. The van der Waals surface area contributed by atoms with Gasteiger partial charge in [0.15, 0.2) is 6.73 Å². The fraction of sp³-hybridized carbons (Fsp3) is 0.444. The summed E-state index contributed by atoms with van der Waals surface area (Å²) in [6.45, 7) is 6.01. The van der Waals surface area contributed by atoms with Crippen molar-refractivity contribution in [3.63, 3.8) is 0 Å². The number of hydrogen-bond acceptors (Lipinski definition) is 3. The van der Waals surface area contributed by atoms with Gasteiger partial charge in [0.25, 0.3) is 0 Å². The maximum atomic E-state index is 12.8. The Kier molecular flexibility index (Phi) is 6.70. The van der Waals surface area contributed by atoms with Crippen molar-refractivity contribution in [3.8, 4) is 5.75 Å². The lowest BCUT2D eigenvalue weighted by molar-refractivity contribution is -0.137. The van der Waals surface area contributed by atoms with Crippen molar-refractivity contribution in [3.05, 3.63) is 41.2 Å². The van der Waals surface area contributed by atoms with Crippen LogP contribution in [0.3, 0.4) is 0 Å². The molecule has 0 aliphatic heterocycles. The molecule has 148 valence electrons. The number of anilines is 1. The number of amides is 2. The molecule has 0 unspecified atom stereocenters. The number of urea groups is 1. The second-order valence-corrected chi connectivity index (χ2v) is 6.08. The van der Waals surface area contributed by atoms with Gasteiger partial charge in [0.05, 0.1) is 22.6 Å². The summed E-state index contributed by atoms with van der Waals surface area (Å²) < 4.78 is 45.2. The molecule has 0 aliphatic carbocycles. The number of aryl methyl sites for hydroxylation is 1. The zero-order chi connectivity index (χ0) is 20.0. The minimum atomic E-state index is -4.43. The zero-order valence-corrected chi connectivity index (χ0v) is 15.5. The molecule has 0 saturated carbocycles. The van der Waals surface area contributed by atoms with Crippen molar-refractivity contribution in [2.75, 3.05) is 11.9 Å². The number of aromatic nitrogens is 2. The second kappa shape index (κ2) is 8.79. The van der Waals surface area contributed by atoms with E-state index < -0.39 is 11.7 Å². The molecule has 0 atom stereocenters. The average molecular weight is 384 g/mol. The van der Waals surface area contributed by atoms with Gasteiger partial charge < -0.3 is 15.4 Å². The Morgan fingerprint density at radius 2 is 2.04 bits per heavy atom. The van der Waals surface area contributed by atoms with Gasteiger partial charge in [-0.3, -0.25) is 0 Å². The molecule has 2 N–H and O–H groups in total. The van der Waals surface area contributed by atoms with Crippen LogP contribution in [0.4, 0.5) is 23.7 Å². The van der Waals surface area contributed by atoms with Gasteiger partial charge in [-0.25, -0.2) is 9.48 Å². The maximum absolute atomic E-state index is 12.8. The number of alkyl halides is 3. The van der Waals surface area contributed by atoms with Crippen LogP contribution in [0.1, 0.15) is 36.7 Å². The molecule has 2 rings (SSSR count). The number of rotatable bonds is 7. The van der Waals surface area contributed by atoms with Crippen molar-refractivity contribution in [2.24, 2.45) is 0 Å². The number of benzene rings is 1. The van der Waals surface area contributed by atoms with Crippen LogP contribution in [-0.4, -0.2) is 22.4 Å². The third-order valence-electron chi connectivity index (χ3n) is 3.95. The van der Waals surface area contributed by atoms with Crippen LogP contribution < -0.4 is 15.4 Å². The van der Waals surface area contributed by atoms with Crippen molar-refractivity contribution in [1.29, 1.82) is 0 Å². The van der Waals surface area contributed by atoms with Crippen LogP contribution in [0, 0.1) is 13.8 Å². The van der Waals surface area contributed by atoms with E-state index in [1.807, 2.05) is 6.92 Å². The van der Waals surface area contributed by atoms with Crippen molar-refractivity contribution >= 4 is 11.7 Å². The van der Waals surface area contributed by atoms with Gasteiger partial charge in [-0.05, 0) is 38.5 Å². The van der Waals surface area contributed by atoms with Crippen molar-refractivity contribution in [1.82, 2.24) is 15.1 Å². The molecular weight excluding hydrogens is 361 g/mol. The Labute approximate surface area is 155 Å². The molecule has 1 heterocycles. The van der Waals surface area contributed by atoms with Crippen LogP contribution in [-0.2, 0) is 12.9 Å². The van der Waals surface area contributed by atoms with E-state index in [-0.39, 0.29) is 18.5 Å². The van der Waals surface area contributed by atoms with E-state index in [4.69, 9.17) is 4.74 Å². The number of unbranched alkanes of at least 4 members (excludes halogenated alkanes) is 1. The van der Waals surface area contributed by atoms with Crippen LogP contribution in [0.25, 0.3) is 0 Å². The number of nitrogens with zero attached hydrogens (tertiary/aromatic N) is 2. The molecule has 0 bridgehead atoms. The fourth-order valence-corrected chi connectivity index (χ4v) is 2.44. The topological polar surface area (TPSA) is 68.2 Å². The van der Waals surface area contributed by atoms with Gasteiger partial charge >= 0.3 is 12.2 Å². The molecule has 6 nitrogen and oxygen atoms in total.